The summed E-state index contributed by atoms with van der Waals surface area (Å²) in [4.78, 5) is 8.98. The van der Waals surface area contributed by atoms with Gasteiger partial charge in [0.2, 0.25) is 0 Å². The first-order valence-electron chi connectivity index (χ1n) is 6.01. The number of aromatic nitrogens is 2. The lowest BCUT2D eigenvalue weighted by Gasteiger charge is -2.23. The van der Waals surface area contributed by atoms with E-state index in [0.29, 0.717) is 17.1 Å². The molecule has 2 bridgehead atoms. The Morgan fingerprint density at radius 3 is 2.89 bits per heavy atom. The zero-order valence-electron chi connectivity index (χ0n) is 10.1. The van der Waals surface area contributed by atoms with E-state index in [0.717, 1.165) is 17.5 Å². The lowest BCUT2D eigenvalue weighted by Crippen LogP contribution is -2.32. The van der Waals surface area contributed by atoms with Crippen molar-refractivity contribution in [2.75, 3.05) is 0 Å². The Kier molecular flexibility index (Phi) is 4.21. The monoisotopic (exact) mass is 317 g/mol. The highest BCUT2D eigenvalue weighted by Crippen LogP contribution is 2.36. The third-order valence-electron chi connectivity index (χ3n) is 3.80. The lowest BCUT2D eigenvalue weighted by atomic mass is 9.99. The molecule has 2 unspecified atom stereocenters. The molecule has 0 amide bonds. The predicted octanol–water partition coefficient (Wildman–Crippen LogP) is 3.48. The van der Waals surface area contributed by atoms with Crippen molar-refractivity contribution in [1.82, 2.24) is 15.3 Å². The molecule has 2 aliphatic rings. The molecule has 2 atom stereocenters. The van der Waals surface area contributed by atoms with Gasteiger partial charge in [-0.1, -0.05) is 11.6 Å². The van der Waals surface area contributed by atoms with Crippen molar-refractivity contribution in [3.05, 3.63) is 34.6 Å². The molecular weight excluding hydrogens is 305 g/mol. The van der Waals surface area contributed by atoms with Gasteiger partial charge in [-0.05, 0) is 30.5 Å². The van der Waals surface area contributed by atoms with E-state index in [1.165, 1.54) is 24.1 Å². The van der Waals surface area contributed by atoms with Gasteiger partial charge in [0.15, 0.2) is 5.65 Å². The Morgan fingerprint density at radius 2 is 2.05 bits per heavy atom. The summed E-state index contributed by atoms with van der Waals surface area (Å²) in [5, 5.41) is 5.35. The summed E-state index contributed by atoms with van der Waals surface area (Å²) in [5.74, 6) is 0. The number of hydrogen-bond acceptors (Lipinski definition) is 3. The SMILES string of the molecule is Cl.Cl.Clc1cnc2nc3c(cc2c1)C1CCC(C3)N1. The topological polar surface area (TPSA) is 37.8 Å². The molecule has 0 aromatic carbocycles. The van der Waals surface area contributed by atoms with Gasteiger partial charge in [0.1, 0.15) is 0 Å². The van der Waals surface area contributed by atoms with Crippen LogP contribution < -0.4 is 5.32 Å². The molecule has 1 fully saturated rings. The fourth-order valence-corrected chi connectivity index (χ4v) is 3.18. The number of rotatable bonds is 0. The van der Waals surface area contributed by atoms with Gasteiger partial charge in [-0.25, -0.2) is 9.97 Å². The second kappa shape index (κ2) is 5.41. The molecule has 1 N–H and O–H groups in total. The smallest absolute Gasteiger partial charge is 0.159 e. The number of nitrogens with one attached hydrogen (secondary N) is 1. The second-order valence-electron chi connectivity index (χ2n) is 4.92. The van der Waals surface area contributed by atoms with Crippen LogP contribution in [0.15, 0.2) is 18.3 Å². The highest BCUT2D eigenvalue weighted by molar-refractivity contribution is 6.31. The van der Waals surface area contributed by atoms with Gasteiger partial charge in [0.05, 0.1) is 5.02 Å². The Balaban J connectivity index is 0.000000667. The number of pyridine rings is 2. The molecule has 6 heteroatoms. The lowest BCUT2D eigenvalue weighted by molar-refractivity contribution is 0.508. The summed E-state index contributed by atoms with van der Waals surface area (Å²) < 4.78 is 0. The average molecular weight is 319 g/mol. The maximum atomic E-state index is 5.97. The van der Waals surface area contributed by atoms with Crippen molar-refractivity contribution in [3.63, 3.8) is 0 Å². The van der Waals surface area contributed by atoms with Gasteiger partial charge >= 0.3 is 0 Å². The molecule has 0 spiro atoms. The average Bonchev–Trinajstić information content (AvgIpc) is 2.71. The maximum Gasteiger partial charge on any atom is 0.159 e. The molecule has 4 rings (SSSR count). The van der Waals surface area contributed by atoms with Gasteiger partial charge in [0.25, 0.3) is 0 Å². The summed E-state index contributed by atoms with van der Waals surface area (Å²) in [5.41, 5.74) is 3.38. The second-order valence-corrected chi connectivity index (χ2v) is 5.36. The van der Waals surface area contributed by atoms with Crippen LogP contribution in [0, 0.1) is 0 Å². The molecule has 4 heterocycles. The van der Waals surface area contributed by atoms with Crippen molar-refractivity contribution >= 4 is 47.4 Å². The van der Waals surface area contributed by atoms with Crippen molar-refractivity contribution in [2.45, 2.75) is 31.3 Å². The Bertz CT molecular complexity index is 617. The van der Waals surface area contributed by atoms with Crippen LogP contribution in [-0.4, -0.2) is 16.0 Å². The summed E-state index contributed by atoms with van der Waals surface area (Å²) in [6.07, 6.45) is 5.18. The highest BCUT2D eigenvalue weighted by atomic mass is 35.5. The van der Waals surface area contributed by atoms with E-state index < -0.39 is 0 Å². The van der Waals surface area contributed by atoms with Crippen LogP contribution in [-0.2, 0) is 6.42 Å². The first-order chi connectivity index (χ1) is 8.29. The predicted molar refractivity (Wildman–Crippen MR) is 81.6 cm³/mol. The van der Waals surface area contributed by atoms with Gasteiger partial charge in [-0.3, -0.25) is 0 Å². The summed E-state index contributed by atoms with van der Waals surface area (Å²) in [7, 11) is 0. The largest absolute Gasteiger partial charge is 0.307 e. The van der Waals surface area contributed by atoms with Crippen LogP contribution in [0.2, 0.25) is 5.02 Å². The van der Waals surface area contributed by atoms with Crippen molar-refractivity contribution in [1.29, 1.82) is 0 Å². The molecule has 19 heavy (non-hydrogen) atoms. The standard InChI is InChI=1S/C13H12ClN3.2ClH/c14-8-3-7-4-10-11-2-1-9(16-11)5-12(10)17-13(7)15-6-8;;/h3-4,6,9,11,16H,1-2,5H2;2*1H. The molecule has 102 valence electrons. The Hall–Kier alpha value is -0.610. The van der Waals surface area contributed by atoms with E-state index in [2.05, 4.69) is 21.4 Å². The van der Waals surface area contributed by atoms with E-state index in [-0.39, 0.29) is 24.8 Å². The van der Waals surface area contributed by atoms with Crippen LogP contribution >= 0.6 is 36.4 Å². The minimum Gasteiger partial charge on any atom is -0.307 e. The van der Waals surface area contributed by atoms with Gasteiger partial charge in [0, 0.05) is 35.8 Å². The molecule has 3 nitrogen and oxygen atoms in total. The molecule has 0 radical (unpaired) electrons. The van der Waals surface area contributed by atoms with E-state index in [4.69, 9.17) is 11.6 Å². The normalized spacial score (nSPS) is 23.4. The van der Waals surface area contributed by atoms with E-state index in [1.807, 2.05) is 6.07 Å². The molecule has 2 aliphatic heterocycles. The van der Waals surface area contributed by atoms with Crippen LogP contribution in [0.3, 0.4) is 0 Å². The quantitative estimate of drug-likeness (QED) is 0.808. The minimum atomic E-state index is 0. The number of hydrogen-bond donors (Lipinski definition) is 1. The summed E-state index contributed by atoms with van der Waals surface area (Å²) in [6, 6.07) is 5.25. The van der Waals surface area contributed by atoms with Gasteiger partial charge in [-0.15, -0.1) is 24.8 Å². The van der Waals surface area contributed by atoms with Crippen LogP contribution in [0.25, 0.3) is 11.0 Å². The van der Waals surface area contributed by atoms with Crippen molar-refractivity contribution in [3.8, 4) is 0 Å². The number of nitrogens with zero attached hydrogens (tertiary/aromatic N) is 2. The number of fused-ring (bicyclic) bond motifs is 5. The summed E-state index contributed by atoms with van der Waals surface area (Å²) in [6.45, 7) is 0. The van der Waals surface area contributed by atoms with E-state index in [9.17, 15) is 0 Å². The molecule has 2 aromatic heterocycles. The van der Waals surface area contributed by atoms with Gasteiger partial charge in [-0.2, -0.15) is 0 Å². The Labute approximate surface area is 129 Å². The van der Waals surface area contributed by atoms with Crippen LogP contribution in [0.4, 0.5) is 0 Å². The molecular formula is C13H14Cl3N3. The van der Waals surface area contributed by atoms with Crippen LogP contribution in [0.1, 0.15) is 30.1 Å². The van der Waals surface area contributed by atoms with Crippen LogP contribution in [0.5, 0.6) is 0 Å². The fourth-order valence-electron chi connectivity index (χ4n) is 3.01. The maximum absolute atomic E-state index is 5.97. The molecule has 1 saturated heterocycles. The third-order valence-corrected chi connectivity index (χ3v) is 4.01. The highest BCUT2D eigenvalue weighted by Gasteiger charge is 2.33. The summed E-state index contributed by atoms with van der Waals surface area (Å²) >= 11 is 5.97. The zero-order chi connectivity index (χ0) is 11.4. The fraction of sp³-hybridized carbons (Fsp3) is 0.385. The first kappa shape index (κ1) is 14.8. The van der Waals surface area contributed by atoms with E-state index in [1.54, 1.807) is 6.20 Å². The molecule has 0 saturated carbocycles. The van der Waals surface area contributed by atoms with Crippen molar-refractivity contribution in [2.24, 2.45) is 0 Å². The molecule has 2 aromatic rings. The zero-order valence-corrected chi connectivity index (χ0v) is 12.5. The first-order valence-corrected chi connectivity index (χ1v) is 6.38. The molecule has 0 aliphatic carbocycles. The number of halogens is 3. The third kappa shape index (κ3) is 2.40. The van der Waals surface area contributed by atoms with Crippen molar-refractivity contribution < 1.29 is 0 Å². The van der Waals surface area contributed by atoms with Gasteiger partial charge < -0.3 is 5.32 Å². The Morgan fingerprint density at radius 1 is 1.21 bits per heavy atom. The minimum absolute atomic E-state index is 0. The van der Waals surface area contributed by atoms with E-state index >= 15 is 0 Å².